The second-order valence-corrected chi connectivity index (χ2v) is 6.69. The minimum Gasteiger partial charge on any atom is -0.442 e. The van der Waals surface area contributed by atoms with E-state index in [1.165, 1.54) is 24.3 Å². The van der Waals surface area contributed by atoms with Crippen molar-refractivity contribution >= 4 is 17.5 Å². The fourth-order valence-electron chi connectivity index (χ4n) is 3.23. The normalized spacial score (nSPS) is 20.0. The Kier molecular flexibility index (Phi) is 7.32. The number of allylic oxidation sites excluding steroid dienone is 1. The van der Waals surface area contributed by atoms with Gasteiger partial charge in [-0.25, -0.2) is 10.0 Å². The van der Waals surface area contributed by atoms with E-state index in [0.29, 0.717) is 25.2 Å². The second-order valence-electron chi connectivity index (χ2n) is 6.69. The zero-order valence-electron chi connectivity index (χ0n) is 15.9. The molecule has 0 fully saturated rings. The number of carbonyl (C=O) groups excluding carboxylic acids is 1. The van der Waals surface area contributed by atoms with E-state index in [4.69, 9.17) is 4.74 Å². The Morgan fingerprint density at radius 3 is 2.52 bits per heavy atom. The summed E-state index contributed by atoms with van der Waals surface area (Å²) in [5.41, 5.74) is 1.26. The number of nitrogens with one attached hydrogen (secondary N) is 1. The molecule has 0 heterocycles. The number of amides is 1. The molecule has 0 aromatic heterocycles. The van der Waals surface area contributed by atoms with Crippen LogP contribution >= 0.6 is 0 Å². The zero-order valence-corrected chi connectivity index (χ0v) is 15.9. The number of nitro benzene ring substituents is 1. The molecule has 0 saturated carbocycles. The van der Waals surface area contributed by atoms with Gasteiger partial charge in [-0.3, -0.25) is 15.4 Å². The maximum atomic E-state index is 12.2. The molecule has 8 nitrogen and oxygen atoms in total. The number of ether oxygens (including phenoxy) is 1. The SMILES string of the molecule is CC[N+](O)(CC)/C1=C/C(OC(=O)Nc2ccc([N+](=O)[O-])cc2)CCCCC1. The molecule has 0 radical (unpaired) electrons. The van der Waals surface area contributed by atoms with Crippen molar-refractivity contribution < 1.29 is 24.3 Å². The van der Waals surface area contributed by atoms with Crippen LogP contribution in [-0.2, 0) is 4.74 Å². The summed E-state index contributed by atoms with van der Waals surface area (Å²) in [6.45, 7) is 4.98. The van der Waals surface area contributed by atoms with Crippen LogP contribution in [0.1, 0.15) is 46.0 Å². The highest BCUT2D eigenvalue weighted by atomic mass is 16.6. The summed E-state index contributed by atoms with van der Waals surface area (Å²) in [6.07, 6.45) is 5.30. The van der Waals surface area contributed by atoms with E-state index in [9.17, 15) is 20.1 Å². The molecule has 0 aliphatic heterocycles. The van der Waals surface area contributed by atoms with Gasteiger partial charge < -0.3 is 4.74 Å². The van der Waals surface area contributed by atoms with E-state index in [1.807, 2.05) is 19.9 Å². The number of carbonyl (C=O) groups is 1. The second kappa shape index (κ2) is 9.48. The maximum absolute atomic E-state index is 12.2. The molecule has 0 spiro atoms. The van der Waals surface area contributed by atoms with Gasteiger partial charge in [0.05, 0.1) is 4.92 Å². The molecule has 1 aliphatic rings. The van der Waals surface area contributed by atoms with Crippen molar-refractivity contribution in [2.24, 2.45) is 0 Å². The van der Waals surface area contributed by atoms with Gasteiger partial charge in [0, 0.05) is 30.3 Å². The van der Waals surface area contributed by atoms with Crippen LogP contribution in [0.2, 0.25) is 0 Å². The van der Waals surface area contributed by atoms with E-state index < -0.39 is 17.1 Å². The van der Waals surface area contributed by atoms with Crippen LogP contribution in [0.5, 0.6) is 0 Å². The van der Waals surface area contributed by atoms with Crippen LogP contribution in [0.15, 0.2) is 36.0 Å². The number of nitrogens with zero attached hydrogens (tertiary/aromatic N) is 2. The van der Waals surface area contributed by atoms with Crippen molar-refractivity contribution in [2.45, 2.75) is 52.1 Å². The van der Waals surface area contributed by atoms with Gasteiger partial charge in [-0.2, -0.15) is 4.65 Å². The maximum Gasteiger partial charge on any atom is 0.412 e. The van der Waals surface area contributed by atoms with Crippen molar-refractivity contribution in [3.63, 3.8) is 0 Å². The standard InChI is InChI=1S/C19H27N3O5/c1-3-22(26,4-2)17-8-6-5-7-9-18(14-17)27-19(23)20-15-10-12-16(13-11-15)21(24)25/h10-14,18,26H,3-9H2,1-2H3/p+1/b17-14+. The lowest BCUT2D eigenvalue weighted by Gasteiger charge is -2.31. The summed E-state index contributed by atoms with van der Waals surface area (Å²) in [5.74, 6) is 0. The van der Waals surface area contributed by atoms with Gasteiger partial charge >= 0.3 is 6.09 Å². The summed E-state index contributed by atoms with van der Waals surface area (Å²) in [7, 11) is 0. The molecule has 1 aromatic carbocycles. The van der Waals surface area contributed by atoms with Crippen molar-refractivity contribution in [1.29, 1.82) is 0 Å². The highest BCUT2D eigenvalue weighted by molar-refractivity contribution is 5.84. The van der Waals surface area contributed by atoms with Gasteiger partial charge in [-0.05, 0) is 45.2 Å². The van der Waals surface area contributed by atoms with Crippen LogP contribution in [0.4, 0.5) is 16.2 Å². The molecule has 0 saturated heterocycles. The van der Waals surface area contributed by atoms with Crippen LogP contribution in [-0.4, -0.2) is 40.1 Å². The Morgan fingerprint density at radius 2 is 1.93 bits per heavy atom. The molecule has 2 N–H and O–H groups in total. The number of anilines is 1. The predicted octanol–water partition coefficient (Wildman–Crippen LogP) is 4.61. The van der Waals surface area contributed by atoms with E-state index in [1.54, 1.807) is 0 Å². The molecule has 1 unspecified atom stereocenters. The van der Waals surface area contributed by atoms with Gasteiger partial charge in [-0.1, -0.05) is 6.42 Å². The summed E-state index contributed by atoms with van der Waals surface area (Å²) in [5, 5.41) is 24.1. The Balaban J connectivity index is 2.07. The highest BCUT2D eigenvalue weighted by Crippen LogP contribution is 2.26. The first-order valence-electron chi connectivity index (χ1n) is 9.41. The molecule has 2 rings (SSSR count). The molecule has 1 amide bonds. The smallest absolute Gasteiger partial charge is 0.412 e. The molecule has 1 aromatic rings. The van der Waals surface area contributed by atoms with Crippen LogP contribution in [0, 0.1) is 10.1 Å². The summed E-state index contributed by atoms with van der Waals surface area (Å²) >= 11 is 0. The first kappa shape index (κ1) is 20.9. The lowest BCUT2D eigenvalue weighted by atomic mass is 10.0. The van der Waals surface area contributed by atoms with Crippen molar-refractivity contribution in [3.8, 4) is 0 Å². The summed E-state index contributed by atoms with van der Waals surface area (Å²) in [4.78, 5) is 22.4. The van der Waals surface area contributed by atoms with Gasteiger partial charge in [0.1, 0.15) is 24.9 Å². The van der Waals surface area contributed by atoms with Gasteiger partial charge in [-0.15, -0.1) is 0 Å². The molecule has 148 valence electrons. The predicted molar refractivity (Wildman–Crippen MR) is 101 cm³/mol. The van der Waals surface area contributed by atoms with Crippen molar-refractivity contribution in [3.05, 3.63) is 46.2 Å². The Labute approximate surface area is 159 Å². The van der Waals surface area contributed by atoms with Gasteiger partial charge in [0.2, 0.25) is 0 Å². The van der Waals surface area contributed by atoms with Crippen LogP contribution in [0.25, 0.3) is 0 Å². The fraction of sp³-hybridized carbons (Fsp3) is 0.526. The van der Waals surface area contributed by atoms with E-state index >= 15 is 0 Å². The fourth-order valence-corrected chi connectivity index (χ4v) is 3.23. The molecular weight excluding hydrogens is 350 g/mol. The molecular formula is C19H28N3O5+. The third kappa shape index (κ3) is 5.77. The largest absolute Gasteiger partial charge is 0.442 e. The number of non-ortho nitro benzene ring substituents is 1. The van der Waals surface area contributed by atoms with E-state index in [0.717, 1.165) is 31.4 Å². The van der Waals surface area contributed by atoms with E-state index in [-0.39, 0.29) is 10.3 Å². The molecule has 1 aliphatic carbocycles. The minimum atomic E-state index is -0.617. The zero-order chi connectivity index (χ0) is 19.9. The third-order valence-electron chi connectivity index (χ3n) is 4.96. The van der Waals surface area contributed by atoms with Gasteiger partial charge in [0.15, 0.2) is 0 Å². The average molecular weight is 378 g/mol. The highest BCUT2D eigenvalue weighted by Gasteiger charge is 2.30. The Bertz CT molecular complexity index is 683. The lowest BCUT2D eigenvalue weighted by Crippen LogP contribution is -2.44. The monoisotopic (exact) mass is 378 g/mol. The van der Waals surface area contributed by atoms with Crippen LogP contribution in [0.3, 0.4) is 0 Å². The minimum absolute atomic E-state index is 0.0438. The number of benzene rings is 1. The Hall–Kier alpha value is -2.45. The number of hydrogen-bond acceptors (Lipinski definition) is 5. The number of quaternary nitrogens is 1. The summed E-state index contributed by atoms with van der Waals surface area (Å²) < 4.78 is 5.41. The number of rotatable bonds is 6. The van der Waals surface area contributed by atoms with Crippen molar-refractivity contribution in [2.75, 3.05) is 18.4 Å². The number of hydrogen-bond donors (Lipinski definition) is 2. The summed E-state index contributed by atoms with van der Waals surface area (Å²) in [6, 6.07) is 5.57. The van der Waals surface area contributed by atoms with Crippen molar-refractivity contribution in [1.82, 2.24) is 0 Å². The van der Waals surface area contributed by atoms with Gasteiger partial charge in [0.25, 0.3) is 5.69 Å². The number of hydroxylamine groups is 3. The topological polar surface area (TPSA) is 102 Å². The Morgan fingerprint density at radius 1 is 1.26 bits per heavy atom. The quantitative estimate of drug-likeness (QED) is 0.428. The first-order valence-corrected chi connectivity index (χ1v) is 9.41. The van der Waals surface area contributed by atoms with E-state index in [2.05, 4.69) is 5.32 Å². The molecule has 8 heteroatoms. The number of nitro groups is 1. The lowest BCUT2D eigenvalue weighted by molar-refractivity contribution is -1.07. The molecule has 1 atom stereocenters. The molecule has 27 heavy (non-hydrogen) atoms. The molecule has 0 bridgehead atoms. The third-order valence-corrected chi connectivity index (χ3v) is 4.96. The first-order chi connectivity index (χ1) is 12.9. The van der Waals surface area contributed by atoms with Crippen LogP contribution < -0.4 is 5.32 Å². The average Bonchev–Trinajstić information content (AvgIpc) is 2.63.